The average Bonchev–Trinajstić information content (AvgIpc) is 2.29. The van der Waals surface area contributed by atoms with Crippen LogP contribution in [0.5, 0.6) is 0 Å². The summed E-state index contributed by atoms with van der Waals surface area (Å²) in [4.78, 5) is 0. The Bertz CT molecular complexity index is 538. The molecule has 0 atom stereocenters. The molecule has 3 N–H and O–H groups in total. The summed E-state index contributed by atoms with van der Waals surface area (Å²) < 4.78 is 0. The van der Waals surface area contributed by atoms with E-state index in [2.05, 4.69) is 5.32 Å². The fraction of sp³-hybridized carbons (Fsp3) is 0. The highest BCUT2D eigenvalue weighted by Gasteiger charge is 2.06. The highest BCUT2D eigenvalue weighted by Crippen LogP contribution is 2.33. The van der Waals surface area contributed by atoms with Gasteiger partial charge < -0.3 is 11.1 Å². The van der Waals surface area contributed by atoms with Crippen LogP contribution in [0.15, 0.2) is 36.4 Å². The van der Waals surface area contributed by atoms with Crippen LogP contribution in [-0.2, 0) is 0 Å². The molecule has 2 aromatic rings. The van der Waals surface area contributed by atoms with Crippen LogP contribution >= 0.6 is 34.8 Å². The molecule has 0 saturated heterocycles. The highest BCUT2D eigenvalue weighted by molar-refractivity contribution is 6.44. The predicted octanol–water partition coefficient (Wildman–Crippen LogP) is 4.97. The number of nitrogens with two attached hydrogens (primary N) is 1. The third-order valence-corrected chi connectivity index (χ3v) is 3.23. The third-order valence-electron chi connectivity index (χ3n) is 2.20. The minimum atomic E-state index is 0.430. The molecule has 0 fully saturated rings. The van der Waals surface area contributed by atoms with Gasteiger partial charge in [-0.25, -0.2) is 0 Å². The first kappa shape index (κ1) is 12.4. The van der Waals surface area contributed by atoms with Crippen molar-refractivity contribution in [3.63, 3.8) is 0 Å². The summed E-state index contributed by atoms with van der Waals surface area (Å²) in [5.74, 6) is 0. The van der Waals surface area contributed by atoms with E-state index in [4.69, 9.17) is 40.5 Å². The molecule has 0 heterocycles. The molecule has 0 bridgehead atoms. The monoisotopic (exact) mass is 286 g/mol. The zero-order valence-electron chi connectivity index (χ0n) is 8.68. The lowest BCUT2D eigenvalue weighted by Crippen LogP contribution is -1.92. The van der Waals surface area contributed by atoms with Crippen molar-refractivity contribution in [2.45, 2.75) is 0 Å². The van der Waals surface area contributed by atoms with Crippen molar-refractivity contribution in [3.05, 3.63) is 51.5 Å². The predicted molar refractivity (Wildman–Crippen MR) is 75.6 cm³/mol. The van der Waals surface area contributed by atoms with E-state index in [0.29, 0.717) is 26.4 Å². The van der Waals surface area contributed by atoms with E-state index >= 15 is 0 Å². The Labute approximate surface area is 114 Å². The number of nitrogen functional groups attached to an aromatic ring is 1. The van der Waals surface area contributed by atoms with Crippen molar-refractivity contribution < 1.29 is 0 Å². The number of anilines is 3. The standard InChI is InChI=1S/C12H9Cl3N2/c13-9-5-11(15)12(6-10(9)14)17-8-3-1-7(16)2-4-8/h1-6,17H,16H2. The van der Waals surface area contributed by atoms with Crippen LogP contribution in [0.25, 0.3) is 0 Å². The summed E-state index contributed by atoms with van der Waals surface area (Å²) in [6.07, 6.45) is 0. The number of hydrogen-bond donors (Lipinski definition) is 2. The van der Waals surface area contributed by atoms with E-state index in [0.717, 1.165) is 5.69 Å². The molecular weight excluding hydrogens is 279 g/mol. The summed E-state index contributed by atoms with van der Waals surface area (Å²) in [5.41, 5.74) is 7.88. The van der Waals surface area contributed by atoms with E-state index in [-0.39, 0.29) is 0 Å². The summed E-state index contributed by atoms with van der Waals surface area (Å²) in [5, 5.41) is 4.53. The smallest absolute Gasteiger partial charge is 0.0656 e. The summed E-state index contributed by atoms with van der Waals surface area (Å²) in [6, 6.07) is 10.6. The molecule has 0 spiro atoms. The van der Waals surface area contributed by atoms with Crippen LogP contribution in [-0.4, -0.2) is 0 Å². The SMILES string of the molecule is Nc1ccc(Nc2cc(Cl)c(Cl)cc2Cl)cc1. The number of rotatable bonds is 2. The summed E-state index contributed by atoms with van der Waals surface area (Å²) in [6.45, 7) is 0. The van der Waals surface area contributed by atoms with Crippen LogP contribution < -0.4 is 11.1 Å². The second-order valence-corrected chi connectivity index (χ2v) is 4.71. The number of hydrogen-bond acceptors (Lipinski definition) is 2. The normalized spacial score (nSPS) is 10.3. The van der Waals surface area contributed by atoms with Gasteiger partial charge in [0.15, 0.2) is 0 Å². The molecule has 0 radical (unpaired) electrons. The van der Waals surface area contributed by atoms with Crippen molar-refractivity contribution in [3.8, 4) is 0 Å². The maximum Gasteiger partial charge on any atom is 0.0656 e. The van der Waals surface area contributed by atoms with Crippen LogP contribution in [0.4, 0.5) is 17.1 Å². The van der Waals surface area contributed by atoms with Gasteiger partial charge in [-0.15, -0.1) is 0 Å². The Morgan fingerprint density at radius 2 is 1.41 bits per heavy atom. The van der Waals surface area contributed by atoms with Gasteiger partial charge in [0.05, 0.1) is 20.8 Å². The summed E-state index contributed by atoms with van der Waals surface area (Å²) >= 11 is 17.8. The first-order valence-corrected chi connectivity index (χ1v) is 5.97. The molecule has 0 aliphatic heterocycles. The van der Waals surface area contributed by atoms with Gasteiger partial charge in [0.25, 0.3) is 0 Å². The van der Waals surface area contributed by atoms with Crippen molar-refractivity contribution >= 4 is 51.9 Å². The largest absolute Gasteiger partial charge is 0.399 e. The first-order valence-electron chi connectivity index (χ1n) is 4.83. The lowest BCUT2D eigenvalue weighted by atomic mass is 10.2. The molecule has 0 unspecified atom stereocenters. The van der Waals surface area contributed by atoms with Crippen molar-refractivity contribution in [2.75, 3.05) is 11.1 Å². The molecule has 2 aromatic carbocycles. The lowest BCUT2D eigenvalue weighted by Gasteiger charge is -2.10. The van der Waals surface area contributed by atoms with Gasteiger partial charge in [-0.2, -0.15) is 0 Å². The second-order valence-electron chi connectivity index (χ2n) is 3.49. The van der Waals surface area contributed by atoms with E-state index < -0.39 is 0 Å². The lowest BCUT2D eigenvalue weighted by molar-refractivity contribution is 1.55. The van der Waals surface area contributed by atoms with E-state index in [1.54, 1.807) is 24.3 Å². The van der Waals surface area contributed by atoms with Crippen LogP contribution in [0.1, 0.15) is 0 Å². The number of nitrogens with one attached hydrogen (secondary N) is 1. The fourth-order valence-corrected chi connectivity index (χ4v) is 1.93. The minimum Gasteiger partial charge on any atom is -0.399 e. The van der Waals surface area contributed by atoms with Gasteiger partial charge >= 0.3 is 0 Å². The van der Waals surface area contributed by atoms with Crippen molar-refractivity contribution in [1.29, 1.82) is 0 Å². The maximum absolute atomic E-state index is 6.05. The van der Waals surface area contributed by atoms with Gasteiger partial charge in [0.1, 0.15) is 0 Å². The Morgan fingerprint density at radius 1 is 0.824 bits per heavy atom. The highest BCUT2D eigenvalue weighted by atomic mass is 35.5. The quantitative estimate of drug-likeness (QED) is 0.604. The molecule has 0 saturated carbocycles. The molecule has 0 aliphatic carbocycles. The minimum absolute atomic E-state index is 0.430. The van der Waals surface area contributed by atoms with E-state index in [1.165, 1.54) is 0 Å². The first-order chi connectivity index (χ1) is 8.06. The molecular formula is C12H9Cl3N2. The third kappa shape index (κ3) is 2.97. The van der Waals surface area contributed by atoms with Crippen molar-refractivity contribution in [1.82, 2.24) is 0 Å². The molecule has 5 heteroatoms. The van der Waals surface area contributed by atoms with Gasteiger partial charge in [0.2, 0.25) is 0 Å². The Balaban J connectivity index is 2.30. The molecule has 0 aromatic heterocycles. The zero-order chi connectivity index (χ0) is 12.4. The average molecular weight is 288 g/mol. The van der Waals surface area contributed by atoms with Crippen LogP contribution in [0.3, 0.4) is 0 Å². The fourth-order valence-electron chi connectivity index (χ4n) is 1.34. The maximum atomic E-state index is 6.05. The van der Waals surface area contributed by atoms with Gasteiger partial charge in [-0.1, -0.05) is 34.8 Å². The number of benzene rings is 2. The van der Waals surface area contributed by atoms with Crippen LogP contribution in [0, 0.1) is 0 Å². The van der Waals surface area contributed by atoms with E-state index in [1.807, 2.05) is 12.1 Å². The molecule has 2 nitrogen and oxygen atoms in total. The van der Waals surface area contributed by atoms with Crippen LogP contribution in [0.2, 0.25) is 15.1 Å². The second kappa shape index (κ2) is 5.05. The molecule has 0 amide bonds. The van der Waals surface area contributed by atoms with Crippen molar-refractivity contribution in [2.24, 2.45) is 0 Å². The number of halogens is 3. The Hall–Kier alpha value is -1.09. The molecule has 17 heavy (non-hydrogen) atoms. The molecule has 0 aliphatic rings. The van der Waals surface area contributed by atoms with Gasteiger partial charge in [0, 0.05) is 11.4 Å². The van der Waals surface area contributed by atoms with Gasteiger partial charge in [-0.3, -0.25) is 0 Å². The molecule has 2 rings (SSSR count). The Morgan fingerprint density at radius 3 is 2.06 bits per heavy atom. The Kier molecular flexibility index (Phi) is 3.67. The van der Waals surface area contributed by atoms with E-state index in [9.17, 15) is 0 Å². The topological polar surface area (TPSA) is 38.0 Å². The molecule has 88 valence electrons. The summed E-state index contributed by atoms with van der Waals surface area (Å²) in [7, 11) is 0. The van der Waals surface area contributed by atoms with Gasteiger partial charge in [-0.05, 0) is 36.4 Å². The zero-order valence-corrected chi connectivity index (χ0v) is 10.9.